The van der Waals surface area contributed by atoms with Gasteiger partial charge in [-0.15, -0.1) is 0 Å². The minimum Gasteiger partial charge on any atom is -0.455 e. The van der Waals surface area contributed by atoms with Gasteiger partial charge in [-0.25, -0.2) is 0 Å². The highest BCUT2D eigenvalue weighted by atomic mass is 16.3. The van der Waals surface area contributed by atoms with Crippen LogP contribution in [-0.4, -0.2) is 4.57 Å². The zero-order chi connectivity index (χ0) is 38.6. The van der Waals surface area contributed by atoms with E-state index in [2.05, 4.69) is 229 Å². The number of para-hydroxylation sites is 5. The van der Waals surface area contributed by atoms with Crippen molar-refractivity contribution in [3.05, 3.63) is 218 Å². The van der Waals surface area contributed by atoms with Crippen molar-refractivity contribution in [2.75, 3.05) is 4.90 Å². The van der Waals surface area contributed by atoms with Crippen LogP contribution in [0.2, 0.25) is 0 Å². The SMILES string of the molecule is Cc1cc(-c2ccccc2)cc(-c2ccccc2)c1N(c1ccccc1)c1ccc(-c2ccccc2-n2c3ccccc3c3ccccc32)c2oc3ccccc3c12. The van der Waals surface area contributed by atoms with Gasteiger partial charge in [0.05, 0.1) is 33.5 Å². The minimum atomic E-state index is 0.854. The number of anilines is 3. The predicted molar refractivity (Wildman–Crippen MR) is 244 cm³/mol. The summed E-state index contributed by atoms with van der Waals surface area (Å²) in [5.74, 6) is 0. The monoisotopic (exact) mass is 742 g/mol. The largest absolute Gasteiger partial charge is 0.455 e. The Kier molecular flexibility index (Phi) is 8.04. The van der Waals surface area contributed by atoms with Crippen LogP contribution in [0.3, 0.4) is 0 Å². The maximum absolute atomic E-state index is 7.03. The number of hydrogen-bond acceptors (Lipinski definition) is 2. The summed E-state index contributed by atoms with van der Waals surface area (Å²) in [5, 5.41) is 4.61. The van der Waals surface area contributed by atoms with E-state index in [0.29, 0.717) is 0 Å². The lowest BCUT2D eigenvalue weighted by atomic mass is 9.92. The van der Waals surface area contributed by atoms with Gasteiger partial charge in [0, 0.05) is 38.5 Å². The molecule has 0 aliphatic heterocycles. The summed E-state index contributed by atoms with van der Waals surface area (Å²) in [6.45, 7) is 2.24. The average molecular weight is 743 g/mol. The highest BCUT2D eigenvalue weighted by Gasteiger charge is 2.27. The predicted octanol–water partition coefficient (Wildman–Crippen LogP) is 15.5. The van der Waals surface area contributed by atoms with Crippen LogP contribution in [0.15, 0.2) is 217 Å². The molecule has 11 rings (SSSR count). The van der Waals surface area contributed by atoms with Gasteiger partial charge in [0.1, 0.15) is 11.2 Å². The number of aromatic nitrogens is 1. The van der Waals surface area contributed by atoms with Gasteiger partial charge in [-0.2, -0.15) is 0 Å². The molecule has 0 atom stereocenters. The van der Waals surface area contributed by atoms with E-state index >= 15 is 0 Å². The maximum atomic E-state index is 7.03. The van der Waals surface area contributed by atoms with Gasteiger partial charge < -0.3 is 13.9 Å². The van der Waals surface area contributed by atoms with Gasteiger partial charge in [0.25, 0.3) is 0 Å². The fraction of sp³-hybridized carbons (Fsp3) is 0.0182. The van der Waals surface area contributed by atoms with Crippen LogP contribution in [0.4, 0.5) is 17.1 Å². The first-order valence-corrected chi connectivity index (χ1v) is 19.9. The van der Waals surface area contributed by atoms with Gasteiger partial charge >= 0.3 is 0 Å². The summed E-state index contributed by atoms with van der Waals surface area (Å²) in [6.07, 6.45) is 0. The van der Waals surface area contributed by atoms with Crippen LogP contribution in [0, 0.1) is 6.92 Å². The minimum absolute atomic E-state index is 0.854. The van der Waals surface area contributed by atoms with Crippen LogP contribution >= 0.6 is 0 Å². The molecule has 0 radical (unpaired) electrons. The van der Waals surface area contributed by atoms with E-state index in [1.54, 1.807) is 0 Å². The Morgan fingerprint density at radius 1 is 0.431 bits per heavy atom. The lowest BCUT2D eigenvalue weighted by Crippen LogP contribution is -2.13. The fourth-order valence-electron chi connectivity index (χ4n) is 8.96. The second kappa shape index (κ2) is 13.8. The molecule has 3 heteroatoms. The highest BCUT2D eigenvalue weighted by molar-refractivity contribution is 6.18. The van der Waals surface area contributed by atoms with E-state index in [1.165, 1.54) is 38.5 Å². The number of rotatable bonds is 7. The number of fused-ring (bicyclic) bond motifs is 6. The zero-order valence-corrected chi connectivity index (χ0v) is 32.0. The molecular formula is C55H38N2O. The van der Waals surface area contributed by atoms with Crippen LogP contribution in [0.5, 0.6) is 0 Å². The van der Waals surface area contributed by atoms with Gasteiger partial charge in [-0.3, -0.25) is 0 Å². The van der Waals surface area contributed by atoms with Crippen molar-refractivity contribution in [2.45, 2.75) is 6.92 Å². The van der Waals surface area contributed by atoms with Crippen LogP contribution in [0.1, 0.15) is 5.56 Å². The quantitative estimate of drug-likeness (QED) is 0.162. The third-order valence-corrected chi connectivity index (χ3v) is 11.5. The zero-order valence-electron chi connectivity index (χ0n) is 32.0. The van der Waals surface area contributed by atoms with Crippen LogP contribution in [-0.2, 0) is 0 Å². The normalized spacial score (nSPS) is 11.5. The molecular weight excluding hydrogens is 705 g/mol. The summed E-state index contributed by atoms with van der Waals surface area (Å²) in [6, 6.07) is 76.0. The smallest absolute Gasteiger partial charge is 0.145 e. The molecule has 0 saturated heterocycles. The molecule has 0 amide bonds. The second-order valence-corrected chi connectivity index (χ2v) is 14.9. The number of benzene rings is 9. The molecule has 0 spiro atoms. The Morgan fingerprint density at radius 2 is 1.00 bits per heavy atom. The van der Waals surface area contributed by atoms with E-state index < -0.39 is 0 Å². The molecule has 274 valence electrons. The van der Waals surface area contributed by atoms with Gasteiger partial charge in [-0.05, 0) is 89.8 Å². The lowest BCUT2D eigenvalue weighted by molar-refractivity contribution is 0.670. The highest BCUT2D eigenvalue weighted by Crippen LogP contribution is 2.50. The molecule has 0 aliphatic rings. The molecule has 0 saturated carbocycles. The Hall–Kier alpha value is -7.62. The summed E-state index contributed by atoms with van der Waals surface area (Å²) >= 11 is 0. The Labute approximate surface area is 337 Å². The first-order valence-electron chi connectivity index (χ1n) is 19.9. The molecule has 2 heterocycles. The van der Waals surface area contributed by atoms with E-state index in [1.807, 2.05) is 0 Å². The fourth-order valence-corrected chi connectivity index (χ4v) is 8.96. The number of aryl methyl sites for hydroxylation is 1. The molecule has 0 fully saturated rings. The molecule has 0 N–H and O–H groups in total. The molecule has 3 nitrogen and oxygen atoms in total. The standard InChI is InChI=1S/C55H38N2O/c1-37-35-40(38-19-5-2-6-20-38)36-47(39-21-7-3-8-22-39)54(37)56(41-23-9-4-10-24-41)51-34-33-45(55-53(51)46-28-14-18-32-52(46)58-55)44-27-13-17-31-50(44)57-48-29-15-11-25-42(48)43-26-12-16-30-49(43)57/h2-36H,1H3. The Bertz CT molecular complexity index is 3230. The molecule has 11 aromatic rings. The number of hydrogen-bond donors (Lipinski definition) is 0. The van der Waals surface area contributed by atoms with Gasteiger partial charge in [0.2, 0.25) is 0 Å². The van der Waals surface area contributed by atoms with Crippen LogP contribution in [0.25, 0.3) is 82.8 Å². The van der Waals surface area contributed by atoms with Crippen molar-refractivity contribution in [1.82, 2.24) is 4.57 Å². The number of nitrogens with zero attached hydrogens (tertiary/aromatic N) is 2. The van der Waals surface area contributed by atoms with E-state index in [0.717, 1.165) is 66.9 Å². The van der Waals surface area contributed by atoms with Crippen molar-refractivity contribution in [2.24, 2.45) is 0 Å². The summed E-state index contributed by atoms with van der Waals surface area (Å²) in [5.41, 5.74) is 16.4. The Balaban J connectivity index is 1.21. The second-order valence-electron chi connectivity index (χ2n) is 14.9. The molecule has 2 aromatic heterocycles. The van der Waals surface area contributed by atoms with E-state index in [-0.39, 0.29) is 0 Å². The molecule has 0 aliphatic carbocycles. The average Bonchev–Trinajstić information content (AvgIpc) is 3.85. The maximum Gasteiger partial charge on any atom is 0.145 e. The van der Waals surface area contributed by atoms with Crippen molar-refractivity contribution in [3.8, 4) is 39.1 Å². The van der Waals surface area contributed by atoms with Gasteiger partial charge in [0.15, 0.2) is 0 Å². The van der Waals surface area contributed by atoms with E-state index in [9.17, 15) is 0 Å². The van der Waals surface area contributed by atoms with Gasteiger partial charge in [-0.1, -0.05) is 152 Å². The summed E-state index contributed by atoms with van der Waals surface area (Å²) in [4.78, 5) is 2.44. The lowest BCUT2D eigenvalue weighted by Gasteiger charge is -2.31. The first-order chi connectivity index (χ1) is 28.7. The third-order valence-electron chi connectivity index (χ3n) is 11.5. The van der Waals surface area contributed by atoms with Crippen molar-refractivity contribution in [3.63, 3.8) is 0 Å². The topological polar surface area (TPSA) is 21.3 Å². The number of furan rings is 1. The third kappa shape index (κ3) is 5.43. The molecule has 58 heavy (non-hydrogen) atoms. The first kappa shape index (κ1) is 33.7. The molecule has 0 unspecified atom stereocenters. The Morgan fingerprint density at radius 3 is 1.71 bits per heavy atom. The molecule has 9 aromatic carbocycles. The van der Waals surface area contributed by atoms with E-state index in [4.69, 9.17) is 4.42 Å². The van der Waals surface area contributed by atoms with Crippen molar-refractivity contribution in [1.29, 1.82) is 0 Å². The van der Waals surface area contributed by atoms with Crippen LogP contribution < -0.4 is 4.90 Å². The summed E-state index contributed by atoms with van der Waals surface area (Å²) in [7, 11) is 0. The summed E-state index contributed by atoms with van der Waals surface area (Å²) < 4.78 is 9.44. The van der Waals surface area contributed by atoms with Crippen molar-refractivity contribution >= 4 is 60.8 Å². The van der Waals surface area contributed by atoms with Crippen molar-refractivity contribution < 1.29 is 4.42 Å². The molecule has 0 bridgehead atoms.